The summed E-state index contributed by atoms with van der Waals surface area (Å²) in [4.78, 5) is 26.1. The Morgan fingerprint density at radius 3 is 2.00 bits per heavy atom. The molecule has 0 aromatic heterocycles. The molecule has 0 spiro atoms. The van der Waals surface area contributed by atoms with Crippen LogP contribution < -0.4 is 0 Å². The van der Waals surface area contributed by atoms with Crippen molar-refractivity contribution >= 4 is 11.7 Å². The fraction of sp³-hybridized carbons (Fsp3) is 0.300. The highest BCUT2D eigenvalue weighted by Gasteiger charge is 2.21. The number of rotatable bonds is 4. The standard InChI is InChI=1S/C20H23NO2/c1-20(2,3)17-12-10-16(11-13-17)18(22)19(23)21(4)14-15-8-6-5-7-9-15/h5-13H,14H2,1-4H3. The third kappa shape index (κ3) is 4.28. The summed E-state index contributed by atoms with van der Waals surface area (Å²) in [5, 5.41) is 0. The van der Waals surface area contributed by atoms with E-state index in [1.54, 1.807) is 19.2 Å². The lowest BCUT2D eigenvalue weighted by Crippen LogP contribution is -2.32. The first-order valence-corrected chi connectivity index (χ1v) is 7.73. The summed E-state index contributed by atoms with van der Waals surface area (Å²) in [5.41, 5.74) is 2.59. The first-order chi connectivity index (χ1) is 10.8. The lowest BCUT2D eigenvalue weighted by Gasteiger charge is -2.19. The van der Waals surface area contributed by atoms with E-state index < -0.39 is 11.7 Å². The van der Waals surface area contributed by atoms with Crippen LogP contribution in [0.4, 0.5) is 0 Å². The van der Waals surface area contributed by atoms with E-state index in [0.29, 0.717) is 12.1 Å². The molecule has 3 heteroatoms. The highest BCUT2D eigenvalue weighted by Crippen LogP contribution is 2.22. The smallest absolute Gasteiger partial charge is 0.294 e. The summed E-state index contributed by atoms with van der Waals surface area (Å²) in [7, 11) is 1.65. The predicted octanol–water partition coefficient (Wildman–Crippen LogP) is 3.83. The van der Waals surface area contributed by atoms with Gasteiger partial charge in [-0.3, -0.25) is 9.59 Å². The molecule has 0 fully saturated rings. The number of carbonyl (C=O) groups excluding carboxylic acids is 2. The number of Topliss-reactive ketones (excluding diaryl/α,β-unsaturated/α-hetero) is 1. The van der Waals surface area contributed by atoms with Crippen molar-refractivity contribution in [3.8, 4) is 0 Å². The molecule has 0 heterocycles. The van der Waals surface area contributed by atoms with Crippen LogP contribution in [0.25, 0.3) is 0 Å². The average molecular weight is 309 g/mol. The first kappa shape index (κ1) is 16.9. The van der Waals surface area contributed by atoms with Crippen LogP contribution in [-0.4, -0.2) is 23.6 Å². The minimum absolute atomic E-state index is 0.0235. The van der Waals surface area contributed by atoms with E-state index in [4.69, 9.17) is 0 Å². The normalized spacial score (nSPS) is 11.1. The van der Waals surface area contributed by atoms with Crippen LogP contribution in [0.5, 0.6) is 0 Å². The number of benzene rings is 2. The molecule has 0 aliphatic rings. The van der Waals surface area contributed by atoms with Crippen molar-refractivity contribution in [2.45, 2.75) is 32.7 Å². The largest absolute Gasteiger partial charge is 0.335 e. The Bertz CT molecular complexity index is 682. The molecule has 0 N–H and O–H groups in total. The van der Waals surface area contributed by atoms with E-state index in [2.05, 4.69) is 20.8 Å². The molecule has 0 atom stereocenters. The molecular weight excluding hydrogens is 286 g/mol. The van der Waals surface area contributed by atoms with E-state index in [-0.39, 0.29) is 5.41 Å². The summed E-state index contributed by atoms with van der Waals surface area (Å²) in [5.74, 6) is -0.957. The van der Waals surface area contributed by atoms with Crippen LogP contribution in [0.3, 0.4) is 0 Å². The number of hydrogen-bond acceptors (Lipinski definition) is 2. The quantitative estimate of drug-likeness (QED) is 0.636. The van der Waals surface area contributed by atoms with Gasteiger partial charge in [0, 0.05) is 19.2 Å². The van der Waals surface area contributed by atoms with Crippen molar-refractivity contribution in [2.75, 3.05) is 7.05 Å². The Hall–Kier alpha value is -2.42. The molecule has 2 aromatic carbocycles. The van der Waals surface area contributed by atoms with Gasteiger partial charge in [-0.15, -0.1) is 0 Å². The molecule has 1 amide bonds. The zero-order chi connectivity index (χ0) is 17.0. The predicted molar refractivity (Wildman–Crippen MR) is 92.4 cm³/mol. The summed E-state index contributed by atoms with van der Waals surface area (Å²) in [6.07, 6.45) is 0. The van der Waals surface area contributed by atoms with E-state index in [9.17, 15) is 9.59 Å². The molecule has 0 radical (unpaired) electrons. The van der Waals surface area contributed by atoms with Gasteiger partial charge in [0.25, 0.3) is 5.91 Å². The van der Waals surface area contributed by atoms with Crippen LogP contribution in [0.1, 0.15) is 42.3 Å². The van der Waals surface area contributed by atoms with Gasteiger partial charge in [-0.1, -0.05) is 75.4 Å². The van der Waals surface area contributed by atoms with Crippen molar-refractivity contribution in [3.05, 3.63) is 71.3 Å². The Morgan fingerprint density at radius 2 is 1.48 bits per heavy atom. The summed E-state index contributed by atoms with van der Waals surface area (Å²) in [6.45, 7) is 6.76. The Kier molecular flexibility index (Phi) is 4.99. The SMILES string of the molecule is CN(Cc1ccccc1)C(=O)C(=O)c1ccc(C(C)(C)C)cc1. The molecule has 0 aliphatic heterocycles. The molecule has 3 nitrogen and oxygen atoms in total. The highest BCUT2D eigenvalue weighted by molar-refractivity contribution is 6.42. The molecule has 0 saturated carbocycles. The summed E-state index contributed by atoms with van der Waals surface area (Å²) < 4.78 is 0. The maximum absolute atomic E-state index is 12.3. The van der Waals surface area contributed by atoms with Crippen LogP contribution in [-0.2, 0) is 16.8 Å². The Morgan fingerprint density at radius 1 is 0.913 bits per heavy atom. The van der Waals surface area contributed by atoms with Gasteiger partial charge in [0.2, 0.25) is 5.78 Å². The van der Waals surface area contributed by atoms with Gasteiger partial charge in [-0.25, -0.2) is 0 Å². The molecule has 0 saturated heterocycles. The first-order valence-electron chi connectivity index (χ1n) is 7.73. The summed E-state index contributed by atoms with van der Waals surface area (Å²) in [6, 6.07) is 16.9. The van der Waals surface area contributed by atoms with Gasteiger partial charge in [-0.2, -0.15) is 0 Å². The lowest BCUT2D eigenvalue weighted by atomic mass is 9.86. The fourth-order valence-electron chi connectivity index (χ4n) is 2.35. The maximum atomic E-state index is 12.3. The summed E-state index contributed by atoms with van der Waals surface area (Å²) >= 11 is 0. The monoisotopic (exact) mass is 309 g/mol. The number of hydrogen-bond donors (Lipinski definition) is 0. The highest BCUT2D eigenvalue weighted by atomic mass is 16.2. The van der Waals surface area contributed by atoms with E-state index in [1.165, 1.54) is 4.90 Å². The average Bonchev–Trinajstić information content (AvgIpc) is 2.53. The third-order valence-electron chi connectivity index (χ3n) is 3.82. The number of nitrogens with zero attached hydrogens (tertiary/aromatic N) is 1. The number of ketones is 1. The fourth-order valence-corrected chi connectivity index (χ4v) is 2.35. The molecule has 2 aromatic rings. The number of carbonyl (C=O) groups is 2. The van der Waals surface area contributed by atoms with Gasteiger partial charge < -0.3 is 4.90 Å². The van der Waals surface area contributed by atoms with Gasteiger partial charge >= 0.3 is 0 Å². The molecule has 2 rings (SSSR count). The maximum Gasteiger partial charge on any atom is 0.294 e. The van der Waals surface area contributed by atoms with E-state index in [1.807, 2.05) is 42.5 Å². The Balaban J connectivity index is 2.08. The molecule has 0 bridgehead atoms. The second kappa shape index (κ2) is 6.78. The van der Waals surface area contributed by atoms with Gasteiger partial charge in [0.1, 0.15) is 0 Å². The van der Waals surface area contributed by atoms with Crippen LogP contribution in [0.2, 0.25) is 0 Å². The van der Waals surface area contributed by atoms with Crippen LogP contribution in [0.15, 0.2) is 54.6 Å². The Labute approximate surface area is 137 Å². The van der Waals surface area contributed by atoms with Crippen LogP contribution >= 0.6 is 0 Å². The topological polar surface area (TPSA) is 37.4 Å². The van der Waals surface area contributed by atoms with E-state index in [0.717, 1.165) is 11.1 Å². The van der Waals surface area contributed by atoms with Gasteiger partial charge in [0.05, 0.1) is 0 Å². The number of amides is 1. The van der Waals surface area contributed by atoms with Crippen molar-refractivity contribution in [1.29, 1.82) is 0 Å². The van der Waals surface area contributed by atoms with Crippen molar-refractivity contribution in [2.24, 2.45) is 0 Å². The molecule has 0 aliphatic carbocycles. The zero-order valence-electron chi connectivity index (χ0n) is 14.2. The second-order valence-electron chi connectivity index (χ2n) is 6.80. The van der Waals surface area contributed by atoms with Crippen LogP contribution in [0, 0.1) is 0 Å². The lowest BCUT2D eigenvalue weighted by molar-refractivity contribution is -0.125. The zero-order valence-corrected chi connectivity index (χ0v) is 14.2. The van der Waals surface area contributed by atoms with Gasteiger partial charge in [0.15, 0.2) is 0 Å². The molecule has 0 unspecified atom stereocenters. The second-order valence-corrected chi connectivity index (χ2v) is 6.80. The number of likely N-dealkylation sites (N-methyl/N-ethyl adjacent to an activating group) is 1. The third-order valence-corrected chi connectivity index (χ3v) is 3.82. The molecule has 120 valence electrons. The minimum atomic E-state index is -0.489. The van der Waals surface area contributed by atoms with Crippen molar-refractivity contribution < 1.29 is 9.59 Å². The van der Waals surface area contributed by atoms with Crippen molar-refractivity contribution in [3.63, 3.8) is 0 Å². The van der Waals surface area contributed by atoms with Crippen molar-refractivity contribution in [1.82, 2.24) is 4.90 Å². The molecule has 23 heavy (non-hydrogen) atoms. The van der Waals surface area contributed by atoms with E-state index >= 15 is 0 Å². The molecular formula is C20H23NO2. The minimum Gasteiger partial charge on any atom is -0.335 e. The van der Waals surface area contributed by atoms with Gasteiger partial charge in [-0.05, 0) is 16.5 Å².